The Bertz CT molecular complexity index is 419. The zero-order valence-electron chi connectivity index (χ0n) is 14.2. The average molecular weight is 434 g/mol. The molecule has 1 saturated carbocycles. The van der Waals surface area contributed by atoms with E-state index in [2.05, 4.69) is 27.0 Å². The maximum atomic E-state index is 11.6. The molecule has 0 radical (unpaired) electrons. The van der Waals surface area contributed by atoms with Crippen LogP contribution < -0.4 is 16.0 Å². The van der Waals surface area contributed by atoms with Crippen LogP contribution in [0, 0.1) is 0 Å². The zero-order chi connectivity index (χ0) is 15.6. The van der Waals surface area contributed by atoms with Crippen LogP contribution in [0.2, 0.25) is 0 Å². The summed E-state index contributed by atoms with van der Waals surface area (Å²) in [6.07, 6.45) is 12.4. The topological polar surface area (TPSA) is 65.5 Å². The molecule has 0 spiro atoms. The minimum Gasteiger partial charge on any atom is -0.356 e. The molecule has 2 rings (SSSR count). The number of guanidine groups is 1. The van der Waals surface area contributed by atoms with E-state index in [1.807, 2.05) is 0 Å². The van der Waals surface area contributed by atoms with Crippen LogP contribution in [-0.4, -0.2) is 38.0 Å². The van der Waals surface area contributed by atoms with E-state index in [9.17, 15) is 4.79 Å². The number of allylic oxidation sites excluding steroid dienone is 1. The highest BCUT2D eigenvalue weighted by atomic mass is 127. The largest absolute Gasteiger partial charge is 0.356 e. The fraction of sp³-hybridized carbons (Fsp3) is 0.765. The Morgan fingerprint density at radius 3 is 2.70 bits per heavy atom. The first-order valence-electron chi connectivity index (χ1n) is 8.69. The van der Waals surface area contributed by atoms with Crippen LogP contribution >= 0.6 is 24.0 Å². The smallest absolute Gasteiger partial charge is 0.220 e. The molecule has 0 bridgehead atoms. The third-order valence-electron chi connectivity index (χ3n) is 4.16. The molecule has 5 nitrogen and oxygen atoms in total. The monoisotopic (exact) mass is 434 g/mol. The van der Waals surface area contributed by atoms with Gasteiger partial charge in [-0.1, -0.05) is 11.6 Å². The third kappa shape index (κ3) is 9.17. The number of hydrogen-bond acceptors (Lipinski definition) is 2. The van der Waals surface area contributed by atoms with Gasteiger partial charge in [0.1, 0.15) is 0 Å². The van der Waals surface area contributed by atoms with Gasteiger partial charge in [0.05, 0.1) is 0 Å². The number of halogens is 1. The molecule has 0 heterocycles. The van der Waals surface area contributed by atoms with Gasteiger partial charge in [0.25, 0.3) is 0 Å². The summed E-state index contributed by atoms with van der Waals surface area (Å²) in [5.74, 6) is 1.01. The summed E-state index contributed by atoms with van der Waals surface area (Å²) in [5, 5.41) is 9.62. The quantitative estimate of drug-likeness (QED) is 0.181. The number of nitrogens with one attached hydrogen (secondary N) is 3. The Kier molecular flexibility index (Phi) is 10.3. The van der Waals surface area contributed by atoms with Gasteiger partial charge in [0.15, 0.2) is 5.96 Å². The number of rotatable bonds is 8. The summed E-state index contributed by atoms with van der Waals surface area (Å²) in [6, 6.07) is 0.462. The van der Waals surface area contributed by atoms with Crippen molar-refractivity contribution in [3.63, 3.8) is 0 Å². The third-order valence-corrected chi connectivity index (χ3v) is 4.16. The highest BCUT2D eigenvalue weighted by Crippen LogP contribution is 2.19. The molecule has 1 amide bonds. The highest BCUT2D eigenvalue weighted by molar-refractivity contribution is 14.0. The van der Waals surface area contributed by atoms with Gasteiger partial charge in [0, 0.05) is 32.6 Å². The van der Waals surface area contributed by atoms with Gasteiger partial charge < -0.3 is 16.0 Å². The minimum absolute atomic E-state index is 0. The van der Waals surface area contributed by atoms with Gasteiger partial charge in [0.2, 0.25) is 5.91 Å². The molecule has 2 aliphatic rings. The SMILES string of the molecule is CN=C(NCCCC(=O)NC1CC1)NCCC1=CCCCC1.I. The predicted octanol–water partition coefficient (Wildman–Crippen LogP) is 2.72. The molecular weight excluding hydrogens is 403 g/mol. The Morgan fingerprint density at radius 2 is 2.04 bits per heavy atom. The lowest BCUT2D eigenvalue weighted by Crippen LogP contribution is -2.38. The molecule has 0 aromatic carbocycles. The van der Waals surface area contributed by atoms with Crippen LogP contribution in [0.3, 0.4) is 0 Å². The van der Waals surface area contributed by atoms with Crippen LogP contribution in [0.1, 0.15) is 57.8 Å². The first kappa shape index (κ1) is 20.3. The molecule has 6 heteroatoms. The summed E-state index contributed by atoms with van der Waals surface area (Å²) < 4.78 is 0. The van der Waals surface area contributed by atoms with E-state index < -0.39 is 0 Å². The first-order valence-corrected chi connectivity index (χ1v) is 8.69. The Balaban J connectivity index is 0.00000264. The van der Waals surface area contributed by atoms with E-state index in [-0.39, 0.29) is 29.9 Å². The first-order chi connectivity index (χ1) is 10.8. The van der Waals surface area contributed by atoms with Crippen LogP contribution in [0.4, 0.5) is 0 Å². The molecular formula is C17H31IN4O. The maximum absolute atomic E-state index is 11.6. The molecule has 0 saturated heterocycles. The van der Waals surface area contributed by atoms with Crippen LogP contribution in [0.15, 0.2) is 16.6 Å². The molecule has 0 aliphatic heterocycles. The van der Waals surface area contributed by atoms with E-state index in [0.717, 1.165) is 44.7 Å². The summed E-state index contributed by atoms with van der Waals surface area (Å²) in [6.45, 7) is 1.70. The van der Waals surface area contributed by atoms with Crippen LogP contribution in [0.25, 0.3) is 0 Å². The number of carbonyl (C=O) groups excluding carboxylic acids is 1. The molecule has 0 atom stereocenters. The number of carbonyl (C=O) groups is 1. The Hall–Kier alpha value is -0.790. The van der Waals surface area contributed by atoms with Crippen LogP contribution in [0.5, 0.6) is 0 Å². The van der Waals surface area contributed by atoms with Gasteiger partial charge >= 0.3 is 0 Å². The molecule has 0 unspecified atom stereocenters. The van der Waals surface area contributed by atoms with Crippen molar-refractivity contribution in [3.05, 3.63) is 11.6 Å². The fourth-order valence-electron chi connectivity index (χ4n) is 2.68. The van der Waals surface area contributed by atoms with Crippen molar-refractivity contribution >= 4 is 35.8 Å². The van der Waals surface area contributed by atoms with Crippen molar-refractivity contribution in [1.29, 1.82) is 0 Å². The standard InChI is InChI=1S/C17H30N4O.HI/c1-18-17(20-13-11-14-6-3-2-4-7-14)19-12-5-8-16(22)21-15-9-10-15;/h6,15H,2-5,7-13H2,1H3,(H,21,22)(H2,18,19,20);1H. The summed E-state index contributed by atoms with van der Waals surface area (Å²) >= 11 is 0. The van der Waals surface area contributed by atoms with Crippen molar-refractivity contribution < 1.29 is 4.79 Å². The lowest BCUT2D eigenvalue weighted by molar-refractivity contribution is -0.121. The summed E-state index contributed by atoms with van der Waals surface area (Å²) in [5.41, 5.74) is 1.57. The predicted molar refractivity (Wildman–Crippen MR) is 106 cm³/mol. The van der Waals surface area contributed by atoms with Gasteiger partial charge in [-0.2, -0.15) is 0 Å². The second-order valence-corrected chi connectivity index (χ2v) is 6.23. The van der Waals surface area contributed by atoms with Crippen molar-refractivity contribution in [3.8, 4) is 0 Å². The highest BCUT2D eigenvalue weighted by Gasteiger charge is 2.22. The number of aliphatic imine (C=N–C) groups is 1. The van der Waals surface area contributed by atoms with Gasteiger partial charge in [-0.15, -0.1) is 24.0 Å². The van der Waals surface area contributed by atoms with Crippen molar-refractivity contribution in [2.24, 2.45) is 4.99 Å². The summed E-state index contributed by atoms with van der Waals surface area (Å²) in [7, 11) is 1.79. The Morgan fingerprint density at radius 1 is 1.26 bits per heavy atom. The van der Waals surface area contributed by atoms with Gasteiger partial charge in [-0.25, -0.2) is 0 Å². The van der Waals surface area contributed by atoms with Gasteiger partial charge in [-0.05, 0) is 51.4 Å². The lowest BCUT2D eigenvalue weighted by Gasteiger charge is -2.15. The molecule has 0 aromatic rings. The maximum Gasteiger partial charge on any atom is 0.220 e. The van der Waals surface area contributed by atoms with E-state index in [1.54, 1.807) is 12.6 Å². The van der Waals surface area contributed by atoms with E-state index in [0.29, 0.717) is 12.5 Å². The van der Waals surface area contributed by atoms with Crippen molar-refractivity contribution in [1.82, 2.24) is 16.0 Å². The van der Waals surface area contributed by atoms with Gasteiger partial charge in [-0.3, -0.25) is 9.79 Å². The van der Waals surface area contributed by atoms with Crippen molar-refractivity contribution in [2.45, 2.75) is 63.8 Å². The second kappa shape index (κ2) is 11.7. The average Bonchev–Trinajstić information content (AvgIpc) is 3.34. The second-order valence-electron chi connectivity index (χ2n) is 6.23. The molecule has 23 heavy (non-hydrogen) atoms. The molecule has 2 aliphatic carbocycles. The van der Waals surface area contributed by atoms with E-state index >= 15 is 0 Å². The number of amides is 1. The molecule has 1 fully saturated rings. The van der Waals surface area contributed by atoms with Crippen molar-refractivity contribution in [2.75, 3.05) is 20.1 Å². The zero-order valence-corrected chi connectivity index (χ0v) is 16.5. The minimum atomic E-state index is 0. The lowest BCUT2D eigenvalue weighted by atomic mass is 9.97. The molecule has 0 aromatic heterocycles. The number of hydrogen-bond donors (Lipinski definition) is 3. The van der Waals surface area contributed by atoms with E-state index in [4.69, 9.17) is 0 Å². The van der Waals surface area contributed by atoms with Crippen LogP contribution in [-0.2, 0) is 4.79 Å². The normalized spacial score (nSPS) is 17.8. The fourth-order valence-corrected chi connectivity index (χ4v) is 2.68. The molecule has 3 N–H and O–H groups in total. The molecule has 132 valence electrons. The number of nitrogens with zero attached hydrogens (tertiary/aromatic N) is 1. The summed E-state index contributed by atoms with van der Waals surface area (Å²) in [4.78, 5) is 15.8. The van der Waals surface area contributed by atoms with E-state index in [1.165, 1.54) is 25.7 Å². The Labute approximate surface area is 157 Å².